The number of fused-ring (bicyclic) bond motifs is 1. The van der Waals surface area contributed by atoms with Gasteiger partial charge in [-0.1, -0.05) is 0 Å². The lowest BCUT2D eigenvalue weighted by atomic mass is 10.3. The van der Waals surface area contributed by atoms with Crippen molar-refractivity contribution in [2.24, 2.45) is 0 Å². The standard InChI is InChI=1S/C12H8F6N6/c1-5-3-7(11(13,14)15)19-9-20-10(22-23(5)9)24-6(2)4-8(21-24)12(16,17)18/h3-4H,1-2H3. The third kappa shape index (κ3) is 2.67. The summed E-state index contributed by atoms with van der Waals surface area (Å²) < 4.78 is 78.2. The zero-order valence-electron chi connectivity index (χ0n) is 12.1. The summed E-state index contributed by atoms with van der Waals surface area (Å²) in [5, 5.41) is 7.22. The van der Waals surface area contributed by atoms with Crippen molar-refractivity contribution in [2.45, 2.75) is 26.2 Å². The molecule has 0 radical (unpaired) electrons. The van der Waals surface area contributed by atoms with Gasteiger partial charge in [0.25, 0.3) is 11.7 Å². The van der Waals surface area contributed by atoms with Gasteiger partial charge >= 0.3 is 12.4 Å². The summed E-state index contributed by atoms with van der Waals surface area (Å²) in [6.45, 7) is 2.69. The number of halogens is 6. The first kappa shape index (κ1) is 16.2. The van der Waals surface area contributed by atoms with Gasteiger partial charge in [0.2, 0.25) is 0 Å². The molecule has 0 aliphatic carbocycles. The van der Waals surface area contributed by atoms with Gasteiger partial charge in [-0.25, -0.2) is 9.67 Å². The topological polar surface area (TPSA) is 60.9 Å². The molecule has 3 aromatic rings. The molecule has 0 aliphatic rings. The molecule has 128 valence electrons. The van der Waals surface area contributed by atoms with E-state index in [1.165, 1.54) is 13.8 Å². The average molecular weight is 350 g/mol. The Morgan fingerprint density at radius 3 is 1.92 bits per heavy atom. The smallest absolute Gasteiger partial charge is 0.206 e. The van der Waals surface area contributed by atoms with Gasteiger partial charge in [0, 0.05) is 11.4 Å². The van der Waals surface area contributed by atoms with E-state index in [0.29, 0.717) is 0 Å². The van der Waals surface area contributed by atoms with Crippen LogP contribution in [0.25, 0.3) is 11.7 Å². The van der Waals surface area contributed by atoms with Gasteiger partial charge < -0.3 is 0 Å². The molecule has 12 heteroatoms. The largest absolute Gasteiger partial charge is 0.435 e. The molecular formula is C12H8F6N6. The first-order valence-electron chi connectivity index (χ1n) is 6.42. The molecule has 0 fully saturated rings. The van der Waals surface area contributed by atoms with Crippen LogP contribution in [0.15, 0.2) is 12.1 Å². The van der Waals surface area contributed by atoms with E-state index in [4.69, 9.17) is 0 Å². The molecule has 0 amide bonds. The van der Waals surface area contributed by atoms with Crippen molar-refractivity contribution in [3.8, 4) is 5.95 Å². The summed E-state index contributed by atoms with van der Waals surface area (Å²) in [4.78, 5) is 7.09. The average Bonchev–Trinajstić information content (AvgIpc) is 3.00. The number of rotatable bonds is 1. The van der Waals surface area contributed by atoms with E-state index in [0.717, 1.165) is 21.3 Å². The molecule has 0 aliphatic heterocycles. The fourth-order valence-electron chi connectivity index (χ4n) is 2.05. The van der Waals surface area contributed by atoms with E-state index in [2.05, 4.69) is 20.2 Å². The third-order valence-corrected chi connectivity index (χ3v) is 3.14. The minimum Gasteiger partial charge on any atom is -0.206 e. The van der Waals surface area contributed by atoms with Crippen LogP contribution in [0.4, 0.5) is 26.3 Å². The molecule has 0 spiro atoms. The predicted molar refractivity (Wildman–Crippen MR) is 67.4 cm³/mol. The summed E-state index contributed by atoms with van der Waals surface area (Å²) in [5.41, 5.74) is -2.17. The van der Waals surface area contributed by atoms with Crippen LogP contribution in [0.1, 0.15) is 22.8 Å². The number of aromatic nitrogens is 6. The van der Waals surface area contributed by atoms with Crippen molar-refractivity contribution in [2.75, 3.05) is 0 Å². The highest BCUT2D eigenvalue weighted by atomic mass is 19.4. The minimum atomic E-state index is -4.68. The highest BCUT2D eigenvalue weighted by Gasteiger charge is 2.36. The highest BCUT2D eigenvalue weighted by Crippen LogP contribution is 2.30. The molecule has 0 saturated carbocycles. The maximum Gasteiger partial charge on any atom is 0.435 e. The second-order valence-corrected chi connectivity index (χ2v) is 4.98. The molecule has 0 bridgehead atoms. The normalized spacial score (nSPS) is 13.0. The number of hydrogen-bond donors (Lipinski definition) is 0. The number of hydrogen-bond acceptors (Lipinski definition) is 4. The minimum absolute atomic E-state index is 0.0759. The first-order valence-corrected chi connectivity index (χ1v) is 6.42. The van der Waals surface area contributed by atoms with Crippen molar-refractivity contribution >= 4 is 5.78 Å². The summed E-state index contributed by atoms with van der Waals surface area (Å²) in [6, 6.07) is 1.55. The van der Waals surface area contributed by atoms with Crippen LogP contribution in [0, 0.1) is 13.8 Å². The van der Waals surface area contributed by atoms with Crippen molar-refractivity contribution < 1.29 is 26.3 Å². The van der Waals surface area contributed by atoms with Crippen molar-refractivity contribution in [3.63, 3.8) is 0 Å². The van der Waals surface area contributed by atoms with Gasteiger partial charge in [0.05, 0.1) is 0 Å². The Balaban J connectivity index is 2.15. The quantitative estimate of drug-likeness (QED) is 0.633. The van der Waals surface area contributed by atoms with Crippen molar-refractivity contribution in [1.29, 1.82) is 0 Å². The molecule has 24 heavy (non-hydrogen) atoms. The Morgan fingerprint density at radius 2 is 1.38 bits per heavy atom. The molecule has 0 aromatic carbocycles. The number of nitrogens with zero attached hydrogens (tertiary/aromatic N) is 6. The fraction of sp³-hybridized carbons (Fsp3) is 0.333. The molecule has 0 N–H and O–H groups in total. The van der Waals surface area contributed by atoms with Gasteiger partial charge in [0.15, 0.2) is 5.69 Å². The van der Waals surface area contributed by atoms with Crippen LogP contribution in [0.3, 0.4) is 0 Å². The van der Waals surface area contributed by atoms with Crippen LogP contribution >= 0.6 is 0 Å². The predicted octanol–water partition coefficient (Wildman–Crippen LogP) is 2.96. The zero-order valence-corrected chi connectivity index (χ0v) is 12.1. The van der Waals surface area contributed by atoms with E-state index in [1.807, 2.05) is 0 Å². The Bertz CT molecular complexity index is 919. The summed E-state index contributed by atoms with van der Waals surface area (Å²) in [6.07, 6.45) is -9.34. The molecule has 3 heterocycles. The number of alkyl halides is 6. The first-order chi connectivity index (χ1) is 11.0. The lowest BCUT2D eigenvalue weighted by molar-refractivity contribution is -0.142. The Hall–Kier alpha value is -2.66. The summed E-state index contributed by atoms with van der Waals surface area (Å²) in [5.74, 6) is -0.696. The monoisotopic (exact) mass is 350 g/mol. The maximum atomic E-state index is 12.8. The van der Waals surface area contributed by atoms with Gasteiger partial charge in [-0.2, -0.15) is 40.9 Å². The fourth-order valence-corrected chi connectivity index (χ4v) is 2.05. The number of aryl methyl sites for hydroxylation is 2. The second-order valence-electron chi connectivity index (χ2n) is 4.98. The van der Waals surface area contributed by atoms with Crippen LogP contribution < -0.4 is 0 Å². The van der Waals surface area contributed by atoms with Crippen LogP contribution in [-0.4, -0.2) is 29.4 Å². The van der Waals surface area contributed by atoms with Crippen LogP contribution in [0.5, 0.6) is 0 Å². The van der Waals surface area contributed by atoms with Gasteiger partial charge in [-0.3, -0.25) is 0 Å². The Kier molecular flexibility index (Phi) is 3.32. The van der Waals surface area contributed by atoms with Gasteiger partial charge in [0.1, 0.15) is 5.69 Å². The van der Waals surface area contributed by atoms with E-state index in [9.17, 15) is 26.3 Å². The lowest BCUT2D eigenvalue weighted by Gasteiger charge is -2.06. The zero-order chi connectivity index (χ0) is 17.9. The van der Waals surface area contributed by atoms with E-state index >= 15 is 0 Å². The van der Waals surface area contributed by atoms with E-state index in [1.54, 1.807) is 0 Å². The molecular weight excluding hydrogens is 342 g/mol. The molecule has 0 saturated heterocycles. The SMILES string of the molecule is Cc1cc(C(F)(F)F)nn1-c1nc2nc(C(F)(F)F)cc(C)n2n1. The van der Waals surface area contributed by atoms with E-state index < -0.39 is 23.7 Å². The molecule has 3 rings (SSSR count). The Morgan fingerprint density at radius 1 is 0.792 bits per heavy atom. The molecule has 3 aromatic heterocycles. The van der Waals surface area contributed by atoms with Gasteiger partial charge in [-0.15, -0.1) is 5.10 Å². The summed E-state index contributed by atoms with van der Waals surface area (Å²) >= 11 is 0. The highest BCUT2D eigenvalue weighted by molar-refractivity contribution is 5.36. The molecule has 6 nitrogen and oxygen atoms in total. The molecule has 0 unspecified atom stereocenters. The van der Waals surface area contributed by atoms with Crippen molar-refractivity contribution in [3.05, 3.63) is 34.9 Å². The van der Waals surface area contributed by atoms with Crippen molar-refractivity contribution in [1.82, 2.24) is 29.4 Å². The summed E-state index contributed by atoms with van der Waals surface area (Å²) in [7, 11) is 0. The van der Waals surface area contributed by atoms with Crippen LogP contribution in [-0.2, 0) is 12.4 Å². The third-order valence-electron chi connectivity index (χ3n) is 3.14. The van der Waals surface area contributed by atoms with E-state index in [-0.39, 0.29) is 23.1 Å². The van der Waals surface area contributed by atoms with Gasteiger partial charge in [-0.05, 0) is 26.0 Å². The van der Waals surface area contributed by atoms with Crippen LogP contribution in [0.2, 0.25) is 0 Å². The maximum absolute atomic E-state index is 12.8. The lowest BCUT2D eigenvalue weighted by Crippen LogP contribution is -2.11. The Labute approximate surface area is 129 Å². The molecule has 0 atom stereocenters. The second kappa shape index (κ2) is 4.92.